The van der Waals surface area contributed by atoms with E-state index in [1.54, 1.807) is 0 Å². The van der Waals surface area contributed by atoms with Crippen LogP contribution in [0.2, 0.25) is 0 Å². The average Bonchev–Trinajstić information content (AvgIpc) is 2.26. The first kappa shape index (κ1) is 16.1. The Balaban J connectivity index is 3.34. The molecular weight excluding hydrogens is 339 g/mol. The summed E-state index contributed by atoms with van der Waals surface area (Å²) >= 11 is 2.91. The normalized spacial score (nSPS) is 11.4. The molecule has 0 saturated carbocycles. The van der Waals surface area contributed by atoms with Gasteiger partial charge in [-0.25, -0.2) is 17.9 Å². The van der Waals surface area contributed by atoms with Gasteiger partial charge in [0.05, 0.1) is 10.5 Å². The fourth-order valence-corrected chi connectivity index (χ4v) is 3.16. The van der Waals surface area contributed by atoms with Gasteiger partial charge < -0.3 is 4.90 Å². The molecule has 0 atom stereocenters. The number of halogens is 2. The summed E-state index contributed by atoms with van der Waals surface area (Å²) in [6, 6.07) is 1.87. The van der Waals surface area contributed by atoms with Crippen molar-refractivity contribution >= 4 is 31.9 Å². The van der Waals surface area contributed by atoms with E-state index < -0.39 is 21.7 Å². The summed E-state index contributed by atoms with van der Waals surface area (Å²) in [7, 11) is -2.51. The highest BCUT2D eigenvalue weighted by molar-refractivity contribution is 9.10. The molecule has 1 aromatic carbocycles. The number of primary sulfonamides is 1. The minimum absolute atomic E-state index is 0.0119. The Labute approximate surface area is 119 Å². The molecule has 106 valence electrons. The van der Waals surface area contributed by atoms with Crippen LogP contribution in [0.3, 0.4) is 0 Å². The van der Waals surface area contributed by atoms with E-state index in [4.69, 9.17) is 5.14 Å². The number of rotatable bonds is 4. The van der Waals surface area contributed by atoms with Crippen molar-refractivity contribution in [3.05, 3.63) is 28.0 Å². The number of carbonyl (C=O) groups excluding carboxylic acids is 1. The number of amides is 1. The first-order chi connectivity index (χ1) is 8.68. The third-order valence-corrected chi connectivity index (χ3v) is 4.33. The standard InChI is InChI=1S/C11H14BrFN2O3S/c1-3-4-15(2)11(16)7-5-10(19(14,17)18)8(12)6-9(7)13/h5-6H,3-4H2,1-2H3,(H2,14,17,18). The fourth-order valence-electron chi connectivity index (χ4n) is 1.55. The summed E-state index contributed by atoms with van der Waals surface area (Å²) in [6.45, 7) is 2.32. The summed E-state index contributed by atoms with van der Waals surface area (Å²) in [5.41, 5.74) is -0.317. The maximum atomic E-state index is 13.8. The Morgan fingerprint density at radius 1 is 1.47 bits per heavy atom. The molecule has 0 spiro atoms. The van der Waals surface area contributed by atoms with Gasteiger partial charge >= 0.3 is 0 Å². The molecule has 0 aliphatic carbocycles. The van der Waals surface area contributed by atoms with Gasteiger partial charge in [0.2, 0.25) is 10.0 Å². The molecule has 1 aromatic rings. The third-order valence-electron chi connectivity index (χ3n) is 2.46. The van der Waals surface area contributed by atoms with Gasteiger partial charge in [0.15, 0.2) is 0 Å². The van der Waals surface area contributed by atoms with Crippen LogP contribution in [0.1, 0.15) is 23.7 Å². The van der Waals surface area contributed by atoms with Crippen molar-refractivity contribution < 1.29 is 17.6 Å². The first-order valence-corrected chi connectivity index (χ1v) is 7.79. The zero-order valence-corrected chi connectivity index (χ0v) is 12.9. The highest BCUT2D eigenvalue weighted by Gasteiger charge is 2.22. The summed E-state index contributed by atoms with van der Waals surface area (Å²) in [5, 5.41) is 5.01. The van der Waals surface area contributed by atoms with Gasteiger partial charge in [0.25, 0.3) is 5.91 Å². The van der Waals surface area contributed by atoms with Gasteiger partial charge in [0, 0.05) is 18.1 Å². The second-order valence-corrected chi connectivity index (χ2v) is 6.42. The van der Waals surface area contributed by atoms with Crippen molar-refractivity contribution in [2.45, 2.75) is 18.2 Å². The van der Waals surface area contributed by atoms with E-state index in [-0.39, 0.29) is 14.9 Å². The third kappa shape index (κ3) is 3.74. The van der Waals surface area contributed by atoms with E-state index in [1.807, 2.05) is 6.92 Å². The number of hydrogen-bond acceptors (Lipinski definition) is 3. The molecule has 0 radical (unpaired) electrons. The molecule has 0 aliphatic rings. The van der Waals surface area contributed by atoms with E-state index in [9.17, 15) is 17.6 Å². The van der Waals surface area contributed by atoms with Crippen molar-refractivity contribution in [3.8, 4) is 0 Å². The molecule has 2 N–H and O–H groups in total. The topological polar surface area (TPSA) is 80.5 Å². The van der Waals surface area contributed by atoms with Crippen LogP contribution in [0.15, 0.2) is 21.5 Å². The Bertz CT molecular complexity index is 604. The van der Waals surface area contributed by atoms with E-state index in [1.165, 1.54) is 11.9 Å². The smallest absolute Gasteiger partial charge is 0.256 e. The van der Waals surface area contributed by atoms with Crippen LogP contribution in [-0.2, 0) is 10.0 Å². The molecule has 0 bridgehead atoms. The van der Waals surface area contributed by atoms with E-state index in [0.717, 1.165) is 12.1 Å². The molecule has 0 heterocycles. The average molecular weight is 353 g/mol. The molecular formula is C11H14BrFN2O3S. The SMILES string of the molecule is CCCN(C)C(=O)c1cc(S(N)(=O)=O)c(Br)cc1F. The molecule has 0 aromatic heterocycles. The van der Waals surface area contributed by atoms with Crippen LogP contribution in [-0.4, -0.2) is 32.8 Å². The Morgan fingerprint density at radius 2 is 2.05 bits per heavy atom. The molecule has 0 saturated heterocycles. The van der Waals surface area contributed by atoms with Gasteiger partial charge in [-0.15, -0.1) is 0 Å². The fraction of sp³-hybridized carbons (Fsp3) is 0.364. The van der Waals surface area contributed by atoms with Crippen LogP contribution >= 0.6 is 15.9 Å². The minimum atomic E-state index is -4.03. The van der Waals surface area contributed by atoms with Gasteiger partial charge in [0.1, 0.15) is 5.82 Å². The molecule has 19 heavy (non-hydrogen) atoms. The minimum Gasteiger partial charge on any atom is -0.342 e. The van der Waals surface area contributed by atoms with Crippen molar-refractivity contribution in [2.24, 2.45) is 5.14 Å². The number of sulfonamides is 1. The van der Waals surface area contributed by atoms with Gasteiger partial charge in [-0.3, -0.25) is 4.79 Å². The van der Waals surface area contributed by atoms with Crippen LogP contribution in [0.25, 0.3) is 0 Å². The summed E-state index contributed by atoms with van der Waals surface area (Å²) in [6.07, 6.45) is 0.711. The van der Waals surface area contributed by atoms with Crippen LogP contribution in [0, 0.1) is 5.82 Å². The second kappa shape index (κ2) is 5.98. The molecule has 8 heteroatoms. The van der Waals surface area contributed by atoms with Crippen LogP contribution < -0.4 is 5.14 Å². The lowest BCUT2D eigenvalue weighted by Gasteiger charge is -2.17. The van der Waals surface area contributed by atoms with Gasteiger partial charge in [-0.05, 0) is 34.5 Å². The molecule has 1 amide bonds. The number of nitrogens with two attached hydrogens (primary N) is 1. The summed E-state index contributed by atoms with van der Waals surface area (Å²) < 4.78 is 36.4. The van der Waals surface area contributed by atoms with E-state index >= 15 is 0 Å². The Hall–Kier alpha value is -0.990. The lowest BCUT2D eigenvalue weighted by molar-refractivity contribution is 0.0790. The summed E-state index contributed by atoms with van der Waals surface area (Å²) in [5.74, 6) is -1.39. The number of carbonyl (C=O) groups is 1. The van der Waals surface area contributed by atoms with Crippen LogP contribution in [0.4, 0.5) is 4.39 Å². The maximum Gasteiger partial charge on any atom is 0.256 e. The zero-order chi connectivity index (χ0) is 14.8. The highest BCUT2D eigenvalue weighted by atomic mass is 79.9. The van der Waals surface area contributed by atoms with Crippen molar-refractivity contribution in [2.75, 3.05) is 13.6 Å². The predicted octanol–water partition coefficient (Wildman–Crippen LogP) is 1.72. The molecule has 0 aliphatic heterocycles. The predicted molar refractivity (Wildman–Crippen MR) is 72.7 cm³/mol. The van der Waals surface area contributed by atoms with Gasteiger partial charge in [-0.2, -0.15) is 0 Å². The van der Waals surface area contributed by atoms with Crippen LogP contribution in [0.5, 0.6) is 0 Å². The second-order valence-electron chi connectivity index (χ2n) is 4.03. The van der Waals surface area contributed by atoms with Crippen molar-refractivity contribution in [3.63, 3.8) is 0 Å². The van der Waals surface area contributed by atoms with Gasteiger partial charge in [-0.1, -0.05) is 6.92 Å². The lowest BCUT2D eigenvalue weighted by atomic mass is 10.2. The summed E-state index contributed by atoms with van der Waals surface area (Å²) in [4.78, 5) is 13.0. The first-order valence-electron chi connectivity index (χ1n) is 5.45. The zero-order valence-electron chi connectivity index (χ0n) is 10.5. The van der Waals surface area contributed by atoms with E-state index in [2.05, 4.69) is 15.9 Å². The molecule has 1 rings (SSSR count). The number of benzene rings is 1. The Morgan fingerprint density at radius 3 is 2.53 bits per heavy atom. The molecule has 0 fully saturated rings. The quantitative estimate of drug-likeness (QED) is 0.895. The highest BCUT2D eigenvalue weighted by Crippen LogP contribution is 2.25. The van der Waals surface area contributed by atoms with E-state index in [0.29, 0.717) is 13.0 Å². The number of nitrogens with zero attached hydrogens (tertiary/aromatic N) is 1. The molecule has 0 unspecified atom stereocenters. The lowest BCUT2D eigenvalue weighted by Crippen LogP contribution is -2.28. The monoisotopic (exact) mass is 352 g/mol. The van der Waals surface area contributed by atoms with Crippen molar-refractivity contribution in [1.29, 1.82) is 0 Å². The maximum absolute atomic E-state index is 13.8. The van der Waals surface area contributed by atoms with Crippen molar-refractivity contribution in [1.82, 2.24) is 4.90 Å². The largest absolute Gasteiger partial charge is 0.342 e. The Kier molecular flexibility index (Phi) is 5.05. The number of hydrogen-bond donors (Lipinski definition) is 1. The molecule has 5 nitrogen and oxygen atoms in total.